The highest BCUT2D eigenvalue weighted by molar-refractivity contribution is 5.57. The summed E-state index contributed by atoms with van der Waals surface area (Å²) in [5.74, 6) is 0. The fourth-order valence-electron chi connectivity index (χ4n) is 2.40. The van der Waals surface area contributed by atoms with Gasteiger partial charge in [-0.05, 0) is 30.7 Å². The number of aromatic nitrogens is 1. The van der Waals surface area contributed by atoms with Crippen molar-refractivity contribution in [2.75, 3.05) is 18.0 Å². The van der Waals surface area contributed by atoms with Crippen LogP contribution in [0.2, 0.25) is 0 Å². The summed E-state index contributed by atoms with van der Waals surface area (Å²) in [7, 11) is 0. The summed E-state index contributed by atoms with van der Waals surface area (Å²) in [5, 5.41) is 9.12. The Morgan fingerprint density at radius 1 is 1.35 bits per heavy atom. The topological polar surface area (TPSA) is 39.9 Å². The van der Waals surface area contributed by atoms with Crippen LogP contribution in [0.3, 0.4) is 0 Å². The van der Waals surface area contributed by atoms with Gasteiger partial charge in [0.1, 0.15) is 6.07 Å². The first-order valence-corrected chi connectivity index (χ1v) is 6.21. The molecule has 3 heteroatoms. The van der Waals surface area contributed by atoms with E-state index in [-0.39, 0.29) is 0 Å². The second-order valence-corrected chi connectivity index (χ2v) is 5.51. The van der Waals surface area contributed by atoms with E-state index in [1.54, 1.807) is 12.3 Å². The van der Waals surface area contributed by atoms with Crippen molar-refractivity contribution in [2.45, 2.75) is 33.1 Å². The van der Waals surface area contributed by atoms with Gasteiger partial charge in [-0.2, -0.15) is 5.26 Å². The van der Waals surface area contributed by atoms with E-state index in [4.69, 9.17) is 5.26 Å². The molecule has 0 radical (unpaired) electrons. The molecule has 1 aromatic heterocycles. The number of hydrogen-bond acceptors (Lipinski definition) is 3. The molecular weight excluding hydrogens is 210 g/mol. The van der Waals surface area contributed by atoms with Gasteiger partial charge in [0, 0.05) is 19.3 Å². The zero-order valence-corrected chi connectivity index (χ0v) is 10.6. The second-order valence-electron chi connectivity index (χ2n) is 5.51. The van der Waals surface area contributed by atoms with Crippen LogP contribution >= 0.6 is 0 Å². The van der Waals surface area contributed by atoms with Crippen molar-refractivity contribution in [1.29, 1.82) is 5.26 Å². The summed E-state index contributed by atoms with van der Waals surface area (Å²) in [6, 6.07) is 4.05. The predicted octanol–water partition coefficient (Wildman–Crippen LogP) is 2.97. The summed E-state index contributed by atoms with van der Waals surface area (Å²) < 4.78 is 0. The first-order valence-electron chi connectivity index (χ1n) is 6.21. The van der Waals surface area contributed by atoms with E-state index in [1.807, 2.05) is 6.20 Å². The van der Waals surface area contributed by atoms with Gasteiger partial charge in [-0.15, -0.1) is 0 Å². The third-order valence-corrected chi connectivity index (χ3v) is 3.60. The maximum absolute atomic E-state index is 9.12. The van der Waals surface area contributed by atoms with Crippen LogP contribution in [0.15, 0.2) is 18.5 Å². The molecule has 0 spiro atoms. The Bertz CT molecular complexity index is 431. The summed E-state index contributed by atoms with van der Waals surface area (Å²) in [6.07, 6.45) is 7.12. The Kier molecular flexibility index (Phi) is 3.33. The van der Waals surface area contributed by atoms with Crippen LogP contribution in [0, 0.1) is 16.7 Å². The first kappa shape index (κ1) is 11.9. The van der Waals surface area contributed by atoms with Crippen LogP contribution in [0.1, 0.15) is 38.7 Å². The summed E-state index contributed by atoms with van der Waals surface area (Å²) in [6.45, 7) is 6.70. The van der Waals surface area contributed by atoms with Crippen LogP contribution in [0.25, 0.3) is 0 Å². The molecule has 2 heterocycles. The molecule has 1 aromatic rings. The van der Waals surface area contributed by atoms with Gasteiger partial charge in [-0.3, -0.25) is 4.98 Å². The minimum atomic E-state index is 0.420. The molecule has 0 bridgehead atoms. The van der Waals surface area contributed by atoms with Crippen LogP contribution in [0.5, 0.6) is 0 Å². The Hall–Kier alpha value is -1.56. The largest absolute Gasteiger partial charge is 0.369 e. The van der Waals surface area contributed by atoms with Gasteiger partial charge < -0.3 is 4.90 Å². The van der Waals surface area contributed by atoms with Crippen molar-refractivity contribution in [3.05, 3.63) is 24.0 Å². The van der Waals surface area contributed by atoms with Crippen molar-refractivity contribution in [3.63, 3.8) is 0 Å². The molecule has 0 aromatic carbocycles. The van der Waals surface area contributed by atoms with Crippen molar-refractivity contribution in [2.24, 2.45) is 5.41 Å². The van der Waals surface area contributed by atoms with Crippen molar-refractivity contribution < 1.29 is 0 Å². The summed E-state index contributed by atoms with van der Waals surface area (Å²) in [5.41, 5.74) is 2.15. The lowest BCUT2D eigenvalue weighted by Crippen LogP contribution is -2.25. The zero-order chi connectivity index (χ0) is 12.3. The fourth-order valence-corrected chi connectivity index (χ4v) is 2.40. The molecule has 3 nitrogen and oxygen atoms in total. The molecule has 1 saturated heterocycles. The van der Waals surface area contributed by atoms with E-state index in [2.05, 4.69) is 29.8 Å². The van der Waals surface area contributed by atoms with Crippen molar-refractivity contribution in [3.8, 4) is 6.07 Å². The summed E-state index contributed by atoms with van der Waals surface area (Å²) in [4.78, 5) is 6.45. The van der Waals surface area contributed by atoms with E-state index in [0.29, 0.717) is 5.41 Å². The first-order chi connectivity index (χ1) is 8.12. The number of rotatable bonds is 1. The van der Waals surface area contributed by atoms with Crippen LogP contribution in [0.4, 0.5) is 5.69 Å². The lowest BCUT2D eigenvalue weighted by Gasteiger charge is -2.25. The second kappa shape index (κ2) is 4.75. The van der Waals surface area contributed by atoms with Crippen molar-refractivity contribution in [1.82, 2.24) is 4.98 Å². The van der Waals surface area contributed by atoms with E-state index in [9.17, 15) is 0 Å². The standard InChI is InChI=1S/C14H19N3/c1-14(2)5-3-8-17(9-6-14)13-11-16-7-4-12(13)10-15/h4,7,11H,3,5-6,8-9H2,1-2H3. The molecule has 0 saturated carbocycles. The lowest BCUT2D eigenvalue weighted by molar-refractivity contribution is 0.325. The molecule has 0 N–H and O–H groups in total. The molecule has 0 unspecified atom stereocenters. The molecule has 0 amide bonds. The van der Waals surface area contributed by atoms with Gasteiger partial charge >= 0.3 is 0 Å². The molecule has 2 rings (SSSR count). The number of pyridine rings is 1. The SMILES string of the molecule is CC1(C)CCCN(c2cnccc2C#N)CC1. The van der Waals surface area contributed by atoms with Gasteiger partial charge in [0.2, 0.25) is 0 Å². The molecule has 1 fully saturated rings. The normalized spacial score (nSPS) is 19.5. The lowest BCUT2D eigenvalue weighted by atomic mass is 9.85. The molecule has 0 aliphatic carbocycles. The van der Waals surface area contributed by atoms with Crippen molar-refractivity contribution >= 4 is 5.69 Å². The van der Waals surface area contributed by atoms with Crippen LogP contribution < -0.4 is 4.90 Å². The molecule has 90 valence electrons. The van der Waals surface area contributed by atoms with E-state index >= 15 is 0 Å². The van der Waals surface area contributed by atoms with E-state index in [0.717, 1.165) is 24.3 Å². The molecule has 1 aliphatic rings. The smallest absolute Gasteiger partial charge is 0.101 e. The Morgan fingerprint density at radius 3 is 2.94 bits per heavy atom. The van der Waals surface area contributed by atoms with Crippen LogP contribution in [-0.4, -0.2) is 18.1 Å². The maximum atomic E-state index is 9.12. The monoisotopic (exact) mass is 229 g/mol. The highest BCUT2D eigenvalue weighted by Crippen LogP contribution is 2.32. The third kappa shape index (κ3) is 2.76. The van der Waals surface area contributed by atoms with Gasteiger partial charge in [-0.1, -0.05) is 13.8 Å². The predicted molar refractivity (Wildman–Crippen MR) is 68.8 cm³/mol. The number of hydrogen-bond donors (Lipinski definition) is 0. The molecule has 0 atom stereocenters. The molecule has 1 aliphatic heterocycles. The Labute approximate surface area is 103 Å². The number of nitriles is 1. The third-order valence-electron chi connectivity index (χ3n) is 3.60. The quantitative estimate of drug-likeness (QED) is 0.743. The molecule has 17 heavy (non-hydrogen) atoms. The highest BCUT2D eigenvalue weighted by Gasteiger charge is 2.24. The minimum absolute atomic E-state index is 0.420. The van der Waals surface area contributed by atoms with E-state index < -0.39 is 0 Å². The summed E-state index contributed by atoms with van der Waals surface area (Å²) >= 11 is 0. The Morgan fingerprint density at radius 2 is 2.18 bits per heavy atom. The highest BCUT2D eigenvalue weighted by atomic mass is 15.1. The van der Waals surface area contributed by atoms with E-state index in [1.165, 1.54) is 19.3 Å². The fraction of sp³-hybridized carbons (Fsp3) is 0.571. The van der Waals surface area contributed by atoms with Gasteiger partial charge in [0.15, 0.2) is 0 Å². The average molecular weight is 229 g/mol. The number of anilines is 1. The number of nitrogens with zero attached hydrogens (tertiary/aromatic N) is 3. The minimum Gasteiger partial charge on any atom is -0.369 e. The van der Waals surface area contributed by atoms with Gasteiger partial charge in [-0.25, -0.2) is 0 Å². The van der Waals surface area contributed by atoms with Crippen LogP contribution in [-0.2, 0) is 0 Å². The zero-order valence-electron chi connectivity index (χ0n) is 10.6. The molecular formula is C14H19N3. The maximum Gasteiger partial charge on any atom is 0.101 e. The Balaban J connectivity index is 2.20. The average Bonchev–Trinajstić information content (AvgIpc) is 2.50. The van der Waals surface area contributed by atoms with Gasteiger partial charge in [0.25, 0.3) is 0 Å². The van der Waals surface area contributed by atoms with Gasteiger partial charge in [0.05, 0.1) is 17.4 Å².